The molecule has 1 saturated heterocycles. The number of carbonyl (C=O) groups excluding carboxylic acids is 1. The van der Waals surface area contributed by atoms with Crippen molar-refractivity contribution >= 4 is 17.7 Å². The van der Waals surface area contributed by atoms with Crippen LogP contribution in [0, 0.1) is 19.8 Å². The SMILES string of the molecule is Cc1ccc(-c2noc(CN3CCC(C(=O)NCCCSCc4ccccc4C)CC3)n2)cc1. The molecule has 6 nitrogen and oxygen atoms in total. The average Bonchev–Trinajstić information content (AvgIpc) is 3.31. The molecule has 1 aliphatic heterocycles. The van der Waals surface area contributed by atoms with Crippen molar-refractivity contribution in [1.82, 2.24) is 20.4 Å². The monoisotopic (exact) mass is 478 g/mol. The Kier molecular flexibility index (Phi) is 8.77. The molecule has 180 valence electrons. The minimum absolute atomic E-state index is 0.0988. The van der Waals surface area contributed by atoms with Crippen LogP contribution in [0.3, 0.4) is 0 Å². The number of piperidine rings is 1. The van der Waals surface area contributed by atoms with Crippen LogP contribution < -0.4 is 5.32 Å². The zero-order chi connectivity index (χ0) is 23.8. The van der Waals surface area contributed by atoms with E-state index in [0.717, 1.165) is 56.0 Å². The van der Waals surface area contributed by atoms with Crippen molar-refractivity contribution < 1.29 is 9.32 Å². The Morgan fingerprint density at radius 3 is 2.65 bits per heavy atom. The highest BCUT2D eigenvalue weighted by Gasteiger charge is 2.25. The van der Waals surface area contributed by atoms with Gasteiger partial charge in [-0.2, -0.15) is 16.7 Å². The molecule has 3 aromatic rings. The van der Waals surface area contributed by atoms with E-state index in [0.29, 0.717) is 18.3 Å². The molecule has 1 amide bonds. The van der Waals surface area contributed by atoms with E-state index in [4.69, 9.17) is 4.52 Å². The molecule has 0 bridgehead atoms. The third kappa shape index (κ3) is 6.93. The van der Waals surface area contributed by atoms with E-state index < -0.39 is 0 Å². The minimum Gasteiger partial charge on any atom is -0.356 e. The molecular formula is C27H34N4O2S. The molecule has 2 aromatic carbocycles. The van der Waals surface area contributed by atoms with Crippen LogP contribution in [-0.4, -0.2) is 46.3 Å². The lowest BCUT2D eigenvalue weighted by atomic mass is 9.96. The summed E-state index contributed by atoms with van der Waals surface area (Å²) in [7, 11) is 0. The number of nitrogens with one attached hydrogen (secondary N) is 1. The van der Waals surface area contributed by atoms with Gasteiger partial charge in [0.1, 0.15) is 0 Å². The second-order valence-electron chi connectivity index (χ2n) is 9.05. The fourth-order valence-electron chi connectivity index (χ4n) is 4.17. The van der Waals surface area contributed by atoms with Crippen molar-refractivity contribution in [3.63, 3.8) is 0 Å². The topological polar surface area (TPSA) is 71.3 Å². The third-order valence-electron chi connectivity index (χ3n) is 6.38. The van der Waals surface area contributed by atoms with Gasteiger partial charge in [-0.3, -0.25) is 9.69 Å². The van der Waals surface area contributed by atoms with E-state index in [-0.39, 0.29) is 11.8 Å². The molecule has 1 aliphatic rings. The van der Waals surface area contributed by atoms with Crippen LogP contribution in [0.5, 0.6) is 0 Å². The molecular weight excluding hydrogens is 444 g/mol. The van der Waals surface area contributed by atoms with Gasteiger partial charge in [0, 0.05) is 23.8 Å². The summed E-state index contributed by atoms with van der Waals surface area (Å²) in [5.41, 5.74) is 4.91. The van der Waals surface area contributed by atoms with Crippen LogP contribution in [0.4, 0.5) is 0 Å². The lowest BCUT2D eigenvalue weighted by Gasteiger charge is -2.30. The Morgan fingerprint density at radius 2 is 1.88 bits per heavy atom. The summed E-state index contributed by atoms with van der Waals surface area (Å²) in [6.07, 6.45) is 2.74. The first-order valence-electron chi connectivity index (χ1n) is 12.1. The number of thioether (sulfide) groups is 1. The number of hydrogen-bond donors (Lipinski definition) is 1. The summed E-state index contributed by atoms with van der Waals surface area (Å²) < 4.78 is 5.46. The fraction of sp³-hybridized carbons (Fsp3) is 0.444. The molecule has 7 heteroatoms. The number of benzene rings is 2. The number of amides is 1. The highest BCUT2D eigenvalue weighted by atomic mass is 32.2. The van der Waals surface area contributed by atoms with Crippen molar-refractivity contribution in [3.05, 3.63) is 71.1 Å². The van der Waals surface area contributed by atoms with Gasteiger partial charge in [0.2, 0.25) is 17.6 Å². The Hall–Kier alpha value is -2.64. The summed E-state index contributed by atoms with van der Waals surface area (Å²) in [4.78, 5) is 19.4. The predicted molar refractivity (Wildman–Crippen MR) is 137 cm³/mol. The molecule has 0 saturated carbocycles. The van der Waals surface area contributed by atoms with Gasteiger partial charge in [0.25, 0.3) is 0 Å². The van der Waals surface area contributed by atoms with Gasteiger partial charge in [-0.05, 0) is 63.1 Å². The van der Waals surface area contributed by atoms with Crippen LogP contribution in [0.25, 0.3) is 11.4 Å². The van der Waals surface area contributed by atoms with Gasteiger partial charge in [-0.15, -0.1) is 0 Å². The van der Waals surface area contributed by atoms with Gasteiger partial charge in [-0.1, -0.05) is 59.3 Å². The number of carbonyl (C=O) groups is 1. The summed E-state index contributed by atoms with van der Waals surface area (Å²) in [5.74, 6) is 3.64. The molecule has 0 unspecified atom stereocenters. The molecule has 0 atom stereocenters. The van der Waals surface area contributed by atoms with Crippen LogP contribution in [0.15, 0.2) is 53.1 Å². The number of nitrogens with zero attached hydrogens (tertiary/aromatic N) is 3. The van der Waals surface area contributed by atoms with Crippen molar-refractivity contribution in [3.8, 4) is 11.4 Å². The maximum Gasteiger partial charge on any atom is 0.241 e. The number of likely N-dealkylation sites (tertiary alicyclic amines) is 1. The maximum absolute atomic E-state index is 12.6. The first-order chi connectivity index (χ1) is 16.6. The molecule has 2 heterocycles. The van der Waals surface area contributed by atoms with E-state index in [2.05, 4.69) is 58.5 Å². The second-order valence-corrected chi connectivity index (χ2v) is 10.2. The second kappa shape index (κ2) is 12.2. The number of aromatic nitrogens is 2. The lowest BCUT2D eigenvalue weighted by Crippen LogP contribution is -2.40. The molecule has 0 radical (unpaired) electrons. The van der Waals surface area contributed by atoms with Crippen LogP contribution in [-0.2, 0) is 17.1 Å². The zero-order valence-corrected chi connectivity index (χ0v) is 20.9. The molecule has 1 aromatic heterocycles. The lowest BCUT2D eigenvalue weighted by molar-refractivity contribution is -0.126. The number of hydrogen-bond acceptors (Lipinski definition) is 6. The van der Waals surface area contributed by atoms with Crippen molar-refractivity contribution in [2.75, 3.05) is 25.4 Å². The summed E-state index contributed by atoms with van der Waals surface area (Å²) in [5, 5.41) is 7.26. The van der Waals surface area contributed by atoms with Crippen LogP contribution in [0.2, 0.25) is 0 Å². The van der Waals surface area contributed by atoms with Gasteiger partial charge in [0.15, 0.2) is 0 Å². The van der Waals surface area contributed by atoms with E-state index in [1.807, 2.05) is 36.0 Å². The highest BCUT2D eigenvalue weighted by molar-refractivity contribution is 7.98. The molecule has 4 rings (SSSR count). The van der Waals surface area contributed by atoms with Crippen molar-refractivity contribution in [2.24, 2.45) is 5.92 Å². The molecule has 0 aliphatic carbocycles. The van der Waals surface area contributed by atoms with Gasteiger partial charge in [-0.25, -0.2) is 0 Å². The minimum atomic E-state index is 0.0988. The number of rotatable bonds is 10. The van der Waals surface area contributed by atoms with E-state index in [9.17, 15) is 4.79 Å². The van der Waals surface area contributed by atoms with E-state index in [1.54, 1.807) is 0 Å². The summed E-state index contributed by atoms with van der Waals surface area (Å²) >= 11 is 1.93. The third-order valence-corrected chi connectivity index (χ3v) is 7.47. The van der Waals surface area contributed by atoms with Crippen LogP contribution in [0.1, 0.15) is 41.8 Å². The molecule has 0 spiro atoms. The Balaban J connectivity index is 1.11. The van der Waals surface area contributed by atoms with Gasteiger partial charge < -0.3 is 9.84 Å². The average molecular weight is 479 g/mol. The maximum atomic E-state index is 12.6. The molecule has 34 heavy (non-hydrogen) atoms. The van der Waals surface area contributed by atoms with Crippen molar-refractivity contribution in [1.29, 1.82) is 0 Å². The normalized spacial score (nSPS) is 14.9. The Morgan fingerprint density at radius 1 is 1.12 bits per heavy atom. The molecule has 1 N–H and O–H groups in total. The van der Waals surface area contributed by atoms with Gasteiger partial charge >= 0.3 is 0 Å². The molecule has 1 fully saturated rings. The first-order valence-corrected chi connectivity index (χ1v) is 13.3. The quantitative estimate of drug-likeness (QED) is 0.413. The summed E-state index contributed by atoms with van der Waals surface area (Å²) in [6, 6.07) is 16.6. The largest absolute Gasteiger partial charge is 0.356 e. The van der Waals surface area contributed by atoms with E-state index >= 15 is 0 Å². The predicted octanol–water partition coefficient (Wildman–Crippen LogP) is 5.01. The first kappa shape index (κ1) is 24.5. The number of aryl methyl sites for hydroxylation is 2. The Bertz CT molecular complexity index is 1060. The van der Waals surface area contributed by atoms with Gasteiger partial charge in [0.05, 0.1) is 6.54 Å². The fourth-order valence-corrected chi connectivity index (χ4v) is 5.20. The van der Waals surface area contributed by atoms with Crippen molar-refractivity contribution in [2.45, 2.75) is 45.4 Å². The standard InChI is InChI=1S/C27H34N4O2S/c1-20-8-10-22(11-9-20)26-29-25(33-30-26)18-31-15-12-23(13-16-31)27(32)28-14-5-17-34-19-24-7-4-3-6-21(24)2/h3-4,6-11,23H,5,12-19H2,1-2H3,(H,28,32). The Labute approximate surface area is 206 Å². The van der Waals surface area contributed by atoms with E-state index in [1.165, 1.54) is 16.7 Å². The summed E-state index contributed by atoms with van der Waals surface area (Å²) in [6.45, 7) is 7.34. The zero-order valence-electron chi connectivity index (χ0n) is 20.1. The smallest absolute Gasteiger partial charge is 0.241 e. The van der Waals surface area contributed by atoms with Crippen LogP contribution >= 0.6 is 11.8 Å². The highest BCUT2D eigenvalue weighted by Crippen LogP contribution is 2.21.